The van der Waals surface area contributed by atoms with Crippen molar-refractivity contribution in [1.82, 2.24) is 29.5 Å². The number of hydrogen-bond acceptors (Lipinski definition) is 11. The van der Waals surface area contributed by atoms with Gasteiger partial charge in [-0.3, -0.25) is 9.69 Å². The molecule has 0 spiro atoms. The molecular formula is C32H44N10O3. The largest absolute Gasteiger partial charge is 0.462 e. The lowest BCUT2D eigenvalue weighted by Gasteiger charge is -2.39. The van der Waals surface area contributed by atoms with Gasteiger partial charge in [0.2, 0.25) is 0 Å². The summed E-state index contributed by atoms with van der Waals surface area (Å²) in [6, 6.07) is 4.77. The number of amides is 1. The van der Waals surface area contributed by atoms with Crippen molar-refractivity contribution in [2.45, 2.75) is 70.7 Å². The normalized spacial score (nSPS) is 22.9. The number of hydrogen-bond donors (Lipinski definition) is 2. The quantitative estimate of drug-likeness (QED) is 0.383. The Labute approximate surface area is 264 Å². The number of piperazine rings is 1. The molecule has 6 rings (SSSR count). The minimum Gasteiger partial charge on any atom is -0.462 e. The summed E-state index contributed by atoms with van der Waals surface area (Å²) >= 11 is 0. The third kappa shape index (κ3) is 6.27. The van der Waals surface area contributed by atoms with Gasteiger partial charge >= 0.3 is 6.01 Å². The number of rotatable bonds is 8. The number of nitriles is 1. The molecule has 2 aromatic heterocycles. The number of carbonyl (C=O) groups excluding carboxylic acids is 1. The molecule has 13 nitrogen and oxygen atoms in total. The van der Waals surface area contributed by atoms with Crippen molar-refractivity contribution in [2.24, 2.45) is 0 Å². The molecule has 0 saturated carbocycles. The molecule has 0 aliphatic carbocycles. The van der Waals surface area contributed by atoms with Gasteiger partial charge in [-0.1, -0.05) is 0 Å². The van der Waals surface area contributed by atoms with E-state index in [0.29, 0.717) is 44.2 Å². The third-order valence-electron chi connectivity index (χ3n) is 9.69. The molecule has 1 amide bonds. The smallest absolute Gasteiger partial charge is 0.319 e. The molecule has 0 bridgehead atoms. The Hall–Kier alpha value is -3.99. The highest BCUT2D eigenvalue weighted by Crippen LogP contribution is 2.35. The molecule has 45 heavy (non-hydrogen) atoms. The zero-order chi connectivity index (χ0) is 31.7. The maximum absolute atomic E-state index is 14.1. The van der Waals surface area contributed by atoms with E-state index in [-0.39, 0.29) is 35.7 Å². The van der Waals surface area contributed by atoms with Gasteiger partial charge in [0.25, 0.3) is 5.91 Å². The maximum Gasteiger partial charge on any atom is 0.319 e. The first-order valence-corrected chi connectivity index (χ1v) is 16.0. The standard InChI is InChI=1S/C32H44N10O3/c1-20-16-25-24(17-35-42(25)26-9-5-6-15-44-26)28(21(20)2)36-31(43)29-27(34)30(41-14-13-40(4)22(18-41)10-11-33)38-32(37-29)45-19-23-8-7-12-39(23)3/h16-17,22-23,26H,5-10,12-15,18-19,34H2,1-4H3,(H,36,43)/t22-,23-,26?/m0/s1. The highest BCUT2D eigenvalue weighted by atomic mass is 16.5. The Morgan fingerprint density at radius 2 is 1.96 bits per heavy atom. The Kier molecular flexibility index (Phi) is 9.07. The fraction of sp³-hybridized carbons (Fsp3) is 0.594. The SMILES string of the molecule is Cc1cc2c(cnn2C2CCCCO2)c(NC(=O)c2nc(OC[C@@H]3CCCN3C)nc(N3CCN(C)[C@@H](CC#N)C3)c2N)c1C. The number of nitrogens with one attached hydrogen (secondary N) is 1. The zero-order valence-corrected chi connectivity index (χ0v) is 26.8. The number of nitrogen functional groups attached to an aromatic ring is 1. The topological polar surface area (TPSA) is 151 Å². The van der Waals surface area contributed by atoms with Crippen LogP contribution in [-0.2, 0) is 4.74 Å². The fourth-order valence-corrected chi connectivity index (χ4v) is 6.64. The number of likely N-dealkylation sites (N-methyl/N-ethyl adjacent to an activating group) is 2. The van der Waals surface area contributed by atoms with Crippen LogP contribution in [-0.4, -0.2) is 101 Å². The average molecular weight is 617 g/mol. The number of aromatic nitrogens is 4. The Morgan fingerprint density at radius 1 is 1.13 bits per heavy atom. The second-order valence-electron chi connectivity index (χ2n) is 12.6. The number of nitrogens with zero attached hydrogens (tertiary/aromatic N) is 8. The number of aryl methyl sites for hydroxylation is 1. The van der Waals surface area contributed by atoms with E-state index in [0.717, 1.165) is 67.2 Å². The molecule has 240 valence electrons. The van der Waals surface area contributed by atoms with Crippen LogP contribution in [0.25, 0.3) is 10.9 Å². The highest BCUT2D eigenvalue weighted by molar-refractivity contribution is 6.12. The average Bonchev–Trinajstić information content (AvgIpc) is 3.66. The number of ether oxygens (including phenoxy) is 2. The van der Waals surface area contributed by atoms with E-state index in [9.17, 15) is 10.1 Å². The van der Waals surface area contributed by atoms with E-state index in [1.165, 1.54) is 0 Å². The van der Waals surface area contributed by atoms with Crippen LogP contribution in [0.15, 0.2) is 12.3 Å². The number of nitrogens with two attached hydrogens (primary N) is 1. The second-order valence-corrected chi connectivity index (χ2v) is 12.6. The Balaban J connectivity index is 1.34. The van der Waals surface area contributed by atoms with Gasteiger partial charge in [-0.25, -0.2) is 4.68 Å². The van der Waals surface area contributed by atoms with E-state index < -0.39 is 5.91 Å². The first-order chi connectivity index (χ1) is 21.7. The molecule has 5 heterocycles. The Bertz CT molecular complexity index is 1590. The van der Waals surface area contributed by atoms with Crippen LogP contribution < -0.4 is 20.7 Å². The van der Waals surface area contributed by atoms with Crippen molar-refractivity contribution in [2.75, 3.05) is 69.4 Å². The molecule has 3 aliphatic rings. The van der Waals surface area contributed by atoms with Crippen molar-refractivity contribution < 1.29 is 14.3 Å². The van der Waals surface area contributed by atoms with E-state index >= 15 is 0 Å². The lowest BCUT2D eigenvalue weighted by atomic mass is 10.0. The van der Waals surface area contributed by atoms with Crippen LogP contribution in [0.1, 0.15) is 66.4 Å². The lowest BCUT2D eigenvalue weighted by molar-refractivity contribution is -0.0366. The third-order valence-corrected chi connectivity index (χ3v) is 9.69. The summed E-state index contributed by atoms with van der Waals surface area (Å²) in [7, 11) is 4.10. The lowest BCUT2D eigenvalue weighted by Crippen LogP contribution is -2.51. The first kappa shape index (κ1) is 31.0. The second kappa shape index (κ2) is 13.2. The molecule has 1 aromatic carbocycles. The number of benzene rings is 1. The monoisotopic (exact) mass is 616 g/mol. The predicted octanol–water partition coefficient (Wildman–Crippen LogP) is 3.48. The zero-order valence-electron chi connectivity index (χ0n) is 26.8. The molecule has 3 saturated heterocycles. The molecule has 3 aromatic rings. The molecule has 3 N–H and O–H groups in total. The van der Waals surface area contributed by atoms with Crippen LogP contribution in [0, 0.1) is 25.2 Å². The van der Waals surface area contributed by atoms with Crippen molar-refractivity contribution in [3.8, 4) is 12.1 Å². The van der Waals surface area contributed by atoms with Gasteiger partial charge in [0.15, 0.2) is 17.7 Å². The molecular weight excluding hydrogens is 572 g/mol. The van der Waals surface area contributed by atoms with E-state index in [4.69, 9.17) is 20.2 Å². The molecule has 0 radical (unpaired) electrons. The summed E-state index contributed by atoms with van der Waals surface area (Å²) in [5.74, 6) is 0.00713. The van der Waals surface area contributed by atoms with Gasteiger partial charge in [0, 0.05) is 43.7 Å². The summed E-state index contributed by atoms with van der Waals surface area (Å²) in [6.45, 7) is 8.09. The van der Waals surface area contributed by atoms with Crippen molar-refractivity contribution in [1.29, 1.82) is 5.26 Å². The molecule has 1 unspecified atom stereocenters. The van der Waals surface area contributed by atoms with Crippen LogP contribution in [0.5, 0.6) is 6.01 Å². The van der Waals surface area contributed by atoms with E-state index in [2.05, 4.69) is 44.4 Å². The number of fused-ring (bicyclic) bond motifs is 1. The maximum atomic E-state index is 14.1. The molecule has 3 atom stereocenters. The van der Waals surface area contributed by atoms with Crippen molar-refractivity contribution >= 4 is 34.0 Å². The molecule has 13 heteroatoms. The van der Waals surface area contributed by atoms with Gasteiger partial charge in [-0.05, 0) is 83.8 Å². The van der Waals surface area contributed by atoms with Gasteiger partial charge in [-0.2, -0.15) is 20.3 Å². The van der Waals surface area contributed by atoms with E-state index in [1.54, 1.807) is 6.20 Å². The summed E-state index contributed by atoms with van der Waals surface area (Å²) in [5.41, 5.74) is 10.5. The van der Waals surface area contributed by atoms with Gasteiger partial charge in [0.1, 0.15) is 12.3 Å². The first-order valence-electron chi connectivity index (χ1n) is 16.0. The minimum absolute atomic E-state index is 0.0137. The highest BCUT2D eigenvalue weighted by Gasteiger charge is 2.30. The van der Waals surface area contributed by atoms with Gasteiger partial charge in [0.05, 0.1) is 29.9 Å². The number of likely N-dealkylation sites (tertiary alicyclic amines) is 1. The predicted molar refractivity (Wildman–Crippen MR) is 172 cm³/mol. The summed E-state index contributed by atoms with van der Waals surface area (Å²) in [6.07, 6.45) is 7.21. The number of carbonyl (C=O) groups is 1. The van der Waals surface area contributed by atoms with Crippen LogP contribution in [0.3, 0.4) is 0 Å². The van der Waals surface area contributed by atoms with Crippen molar-refractivity contribution in [3.05, 3.63) is 29.1 Å². The summed E-state index contributed by atoms with van der Waals surface area (Å²) in [4.78, 5) is 29.9. The van der Waals surface area contributed by atoms with Crippen LogP contribution >= 0.6 is 0 Å². The van der Waals surface area contributed by atoms with Crippen LogP contribution in [0.4, 0.5) is 17.2 Å². The van der Waals surface area contributed by atoms with Gasteiger partial charge < -0.3 is 30.3 Å². The Morgan fingerprint density at radius 3 is 2.69 bits per heavy atom. The van der Waals surface area contributed by atoms with Gasteiger partial charge in [-0.15, -0.1) is 0 Å². The molecule has 3 fully saturated rings. The van der Waals surface area contributed by atoms with E-state index in [1.807, 2.05) is 30.5 Å². The molecule has 3 aliphatic heterocycles. The number of anilines is 3. The summed E-state index contributed by atoms with van der Waals surface area (Å²) < 4.78 is 14.1. The van der Waals surface area contributed by atoms with Crippen molar-refractivity contribution in [3.63, 3.8) is 0 Å². The minimum atomic E-state index is -0.446. The fourth-order valence-electron chi connectivity index (χ4n) is 6.64. The van der Waals surface area contributed by atoms with Crippen LogP contribution in [0.2, 0.25) is 0 Å². The summed E-state index contributed by atoms with van der Waals surface area (Å²) in [5, 5.41) is 18.0.